The van der Waals surface area contributed by atoms with E-state index in [1.807, 2.05) is 36.5 Å². The van der Waals surface area contributed by atoms with Gasteiger partial charge in [-0.15, -0.1) is 0 Å². The molecule has 0 bridgehead atoms. The van der Waals surface area contributed by atoms with E-state index >= 15 is 0 Å². The van der Waals surface area contributed by atoms with Crippen LogP contribution < -0.4 is 0 Å². The minimum Gasteiger partial charge on any atom is -0.278 e. The highest BCUT2D eigenvalue weighted by Gasteiger charge is 2.00. The first kappa shape index (κ1) is 9.43. The molecule has 0 aliphatic heterocycles. The van der Waals surface area contributed by atoms with Crippen molar-refractivity contribution in [2.45, 2.75) is 0 Å². The van der Waals surface area contributed by atoms with E-state index in [-0.39, 0.29) is 0 Å². The number of aromatic nitrogens is 2. The zero-order valence-corrected chi connectivity index (χ0v) is 9.20. The third-order valence-corrected chi connectivity index (χ3v) is 2.87. The molecule has 3 heteroatoms. The van der Waals surface area contributed by atoms with Gasteiger partial charge >= 0.3 is 0 Å². The van der Waals surface area contributed by atoms with Crippen LogP contribution in [0.2, 0.25) is 5.02 Å². The molecule has 0 fully saturated rings. The summed E-state index contributed by atoms with van der Waals surface area (Å²) in [4.78, 5) is 0. The average molecular weight is 229 g/mol. The minimum absolute atomic E-state index is 0.758. The number of hydrogen-bond donors (Lipinski definition) is 1. The molecule has 2 aromatic carbocycles. The predicted octanol–water partition coefficient (Wildman–Crippen LogP) is 3.88. The molecule has 3 aromatic rings. The molecule has 0 aliphatic carbocycles. The van der Waals surface area contributed by atoms with Crippen molar-refractivity contribution in [3.05, 3.63) is 53.7 Å². The summed E-state index contributed by atoms with van der Waals surface area (Å²) in [5.41, 5.74) is 3.38. The maximum absolute atomic E-state index is 5.86. The topological polar surface area (TPSA) is 28.7 Å². The van der Waals surface area contributed by atoms with Crippen LogP contribution in [0.25, 0.3) is 22.0 Å². The van der Waals surface area contributed by atoms with Crippen LogP contribution in [0.1, 0.15) is 0 Å². The lowest BCUT2D eigenvalue weighted by atomic mass is 10.0. The van der Waals surface area contributed by atoms with Crippen molar-refractivity contribution in [2.75, 3.05) is 0 Å². The number of H-pyrrole nitrogens is 1. The van der Waals surface area contributed by atoms with Gasteiger partial charge in [-0.05, 0) is 35.4 Å². The summed E-state index contributed by atoms with van der Waals surface area (Å²) >= 11 is 5.86. The number of fused-ring (bicyclic) bond motifs is 1. The molecule has 0 spiro atoms. The molecule has 78 valence electrons. The van der Waals surface area contributed by atoms with Crippen LogP contribution >= 0.6 is 11.6 Å². The summed E-state index contributed by atoms with van der Waals surface area (Å²) in [6.45, 7) is 0. The Hall–Kier alpha value is -1.80. The van der Waals surface area contributed by atoms with Crippen molar-refractivity contribution in [2.24, 2.45) is 0 Å². The Morgan fingerprint density at radius 2 is 1.69 bits per heavy atom. The van der Waals surface area contributed by atoms with Gasteiger partial charge in [-0.25, -0.2) is 0 Å². The molecule has 0 unspecified atom stereocenters. The van der Waals surface area contributed by atoms with Gasteiger partial charge in [0.25, 0.3) is 0 Å². The quantitative estimate of drug-likeness (QED) is 0.673. The zero-order valence-electron chi connectivity index (χ0n) is 8.44. The smallest absolute Gasteiger partial charge is 0.0650 e. The van der Waals surface area contributed by atoms with E-state index in [0.717, 1.165) is 21.5 Å². The maximum atomic E-state index is 5.86. The monoisotopic (exact) mass is 228 g/mol. The third kappa shape index (κ3) is 1.57. The molecule has 3 rings (SSSR count). The molecule has 1 aromatic heterocycles. The van der Waals surface area contributed by atoms with Gasteiger partial charge in [0.2, 0.25) is 0 Å². The predicted molar refractivity (Wildman–Crippen MR) is 66.5 cm³/mol. The highest BCUT2D eigenvalue weighted by atomic mass is 35.5. The Kier molecular flexibility index (Phi) is 2.15. The largest absolute Gasteiger partial charge is 0.278 e. The Morgan fingerprint density at radius 3 is 2.50 bits per heavy atom. The van der Waals surface area contributed by atoms with E-state index in [4.69, 9.17) is 11.6 Å². The molecule has 0 saturated carbocycles. The van der Waals surface area contributed by atoms with Gasteiger partial charge in [0.05, 0.1) is 11.7 Å². The van der Waals surface area contributed by atoms with Gasteiger partial charge in [-0.3, -0.25) is 5.10 Å². The van der Waals surface area contributed by atoms with E-state index in [0.29, 0.717) is 0 Å². The third-order valence-electron chi connectivity index (χ3n) is 2.62. The number of aromatic amines is 1. The SMILES string of the molecule is Clc1ccc(-c2ccc3[nH]ncc3c2)cc1. The second kappa shape index (κ2) is 3.65. The summed E-state index contributed by atoms with van der Waals surface area (Å²) in [7, 11) is 0. The Morgan fingerprint density at radius 1 is 0.938 bits per heavy atom. The van der Waals surface area contributed by atoms with Crippen molar-refractivity contribution in [3.8, 4) is 11.1 Å². The first-order chi connectivity index (χ1) is 7.83. The lowest BCUT2D eigenvalue weighted by molar-refractivity contribution is 1.12. The number of hydrogen-bond acceptors (Lipinski definition) is 1. The first-order valence-electron chi connectivity index (χ1n) is 5.02. The van der Waals surface area contributed by atoms with E-state index in [2.05, 4.69) is 22.3 Å². The molecular weight excluding hydrogens is 220 g/mol. The molecule has 0 radical (unpaired) electrons. The molecular formula is C13H9ClN2. The Labute approximate surface area is 97.9 Å². The summed E-state index contributed by atoms with van der Waals surface area (Å²) < 4.78 is 0. The summed E-state index contributed by atoms with van der Waals surface area (Å²) in [6.07, 6.45) is 1.83. The number of nitrogens with one attached hydrogen (secondary N) is 1. The van der Waals surface area contributed by atoms with Crippen LogP contribution in [0.4, 0.5) is 0 Å². The van der Waals surface area contributed by atoms with Gasteiger partial charge in [0.15, 0.2) is 0 Å². The van der Waals surface area contributed by atoms with Crippen LogP contribution in [-0.4, -0.2) is 10.2 Å². The van der Waals surface area contributed by atoms with E-state index in [1.165, 1.54) is 5.56 Å². The fraction of sp³-hybridized carbons (Fsp3) is 0. The summed E-state index contributed by atoms with van der Waals surface area (Å²) in [6, 6.07) is 14.1. The van der Waals surface area contributed by atoms with Crippen LogP contribution in [0.15, 0.2) is 48.7 Å². The molecule has 0 atom stereocenters. The van der Waals surface area contributed by atoms with Gasteiger partial charge in [0, 0.05) is 10.4 Å². The average Bonchev–Trinajstić information content (AvgIpc) is 2.77. The Balaban J connectivity index is 2.14. The molecule has 0 amide bonds. The normalized spacial score (nSPS) is 10.8. The highest BCUT2D eigenvalue weighted by Crippen LogP contribution is 2.24. The number of halogens is 1. The summed E-state index contributed by atoms with van der Waals surface area (Å²) in [5, 5.41) is 8.82. The minimum atomic E-state index is 0.758. The number of nitrogens with zero attached hydrogens (tertiary/aromatic N) is 1. The van der Waals surface area contributed by atoms with Crippen molar-refractivity contribution in [1.82, 2.24) is 10.2 Å². The van der Waals surface area contributed by atoms with Crippen molar-refractivity contribution in [1.29, 1.82) is 0 Å². The van der Waals surface area contributed by atoms with Crippen molar-refractivity contribution in [3.63, 3.8) is 0 Å². The molecule has 0 saturated heterocycles. The summed E-state index contributed by atoms with van der Waals surface area (Å²) in [5.74, 6) is 0. The Bertz CT molecular complexity index is 626. The van der Waals surface area contributed by atoms with Crippen molar-refractivity contribution >= 4 is 22.5 Å². The van der Waals surface area contributed by atoms with Crippen LogP contribution in [-0.2, 0) is 0 Å². The van der Waals surface area contributed by atoms with E-state index in [1.54, 1.807) is 0 Å². The van der Waals surface area contributed by atoms with E-state index < -0.39 is 0 Å². The molecule has 1 heterocycles. The first-order valence-corrected chi connectivity index (χ1v) is 5.40. The van der Waals surface area contributed by atoms with Crippen LogP contribution in [0, 0.1) is 0 Å². The second-order valence-electron chi connectivity index (χ2n) is 3.68. The lowest BCUT2D eigenvalue weighted by Gasteiger charge is -2.01. The maximum Gasteiger partial charge on any atom is 0.0650 e. The van der Waals surface area contributed by atoms with Crippen LogP contribution in [0.3, 0.4) is 0 Å². The fourth-order valence-corrected chi connectivity index (χ4v) is 1.89. The molecule has 0 aliphatic rings. The molecule has 2 nitrogen and oxygen atoms in total. The van der Waals surface area contributed by atoms with Gasteiger partial charge < -0.3 is 0 Å². The number of rotatable bonds is 1. The van der Waals surface area contributed by atoms with Gasteiger partial charge in [-0.1, -0.05) is 29.8 Å². The van der Waals surface area contributed by atoms with E-state index in [9.17, 15) is 0 Å². The zero-order chi connectivity index (χ0) is 11.0. The van der Waals surface area contributed by atoms with Crippen LogP contribution in [0.5, 0.6) is 0 Å². The van der Waals surface area contributed by atoms with Gasteiger partial charge in [0.1, 0.15) is 0 Å². The van der Waals surface area contributed by atoms with Gasteiger partial charge in [-0.2, -0.15) is 5.10 Å². The number of benzene rings is 2. The lowest BCUT2D eigenvalue weighted by Crippen LogP contribution is -1.77. The molecule has 1 N–H and O–H groups in total. The highest BCUT2D eigenvalue weighted by molar-refractivity contribution is 6.30. The van der Waals surface area contributed by atoms with Crippen molar-refractivity contribution < 1.29 is 0 Å². The fourth-order valence-electron chi connectivity index (χ4n) is 1.76. The molecule has 16 heavy (non-hydrogen) atoms. The standard InChI is InChI=1S/C13H9ClN2/c14-12-4-1-9(2-5-12)10-3-6-13-11(7-10)8-15-16-13/h1-8H,(H,15,16). The second-order valence-corrected chi connectivity index (χ2v) is 4.12.